The predicted octanol–water partition coefficient (Wildman–Crippen LogP) is 5.50. The first kappa shape index (κ1) is 18.2. The van der Waals surface area contributed by atoms with Gasteiger partial charge < -0.3 is 10.6 Å². The van der Waals surface area contributed by atoms with Crippen LogP contribution in [0.5, 0.6) is 0 Å². The van der Waals surface area contributed by atoms with Crippen molar-refractivity contribution in [2.75, 3.05) is 18.4 Å². The third-order valence-corrected chi connectivity index (χ3v) is 6.66. The molecule has 7 heteroatoms. The van der Waals surface area contributed by atoms with Crippen molar-refractivity contribution < 1.29 is 0 Å². The Morgan fingerprint density at radius 2 is 1.96 bits per heavy atom. The van der Waals surface area contributed by atoms with Crippen LogP contribution in [-0.2, 0) is 6.42 Å². The van der Waals surface area contributed by atoms with Gasteiger partial charge in [0, 0.05) is 21.0 Å². The molecule has 2 aromatic heterocycles. The van der Waals surface area contributed by atoms with Crippen LogP contribution >= 0.6 is 38.9 Å². The minimum Gasteiger partial charge on any atom is -0.367 e. The van der Waals surface area contributed by atoms with Gasteiger partial charge >= 0.3 is 0 Å². The van der Waals surface area contributed by atoms with Gasteiger partial charge in [-0.15, -0.1) is 11.3 Å². The molecular weight excluding hydrogens is 432 g/mol. The molecule has 26 heavy (non-hydrogen) atoms. The molecule has 0 radical (unpaired) electrons. The molecule has 1 aromatic carbocycles. The predicted molar refractivity (Wildman–Crippen MR) is 114 cm³/mol. The Kier molecular flexibility index (Phi) is 5.45. The zero-order chi connectivity index (χ0) is 18.1. The van der Waals surface area contributed by atoms with Gasteiger partial charge in [-0.25, -0.2) is 9.97 Å². The lowest BCUT2D eigenvalue weighted by Crippen LogP contribution is -2.35. The van der Waals surface area contributed by atoms with Gasteiger partial charge in [-0.05, 0) is 61.6 Å². The van der Waals surface area contributed by atoms with Crippen LogP contribution in [0.4, 0.5) is 5.82 Å². The number of rotatable bonds is 4. The number of nitrogens with zero attached hydrogens (tertiary/aromatic N) is 2. The van der Waals surface area contributed by atoms with Gasteiger partial charge in [0.2, 0.25) is 5.28 Å². The third-order valence-electron chi connectivity index (χ3n) is 4.73. The van der Waals surface area contributed by atoms with E-state index >= 15 is 0 Å². The lowest BCUT2D eigenvalue weighted by Gasteiger charge is -2.24. The number of hydrogen-bond donors (Lipinski definition) is 2. The van der Waals surface area contributed by atoms with E-state index < -0.39 is 0 Å². The third kappa shape index (κ3) is 3.60. The summed E-state index contributed by atoms with van der Waals surface area (Å²) in [6.45, 7) is 4.24. The summed E-state index contributed by atoms with van der Waals surface area (Å²) >= 11 is 11.5. The van der Waals surface area contributed by atoms with E-state index in [1.807, 2.05) is 0 Å². The molecule has 4 nitrogen and oxygen atoms in total. The van der Waals surface area contributed by atoms with Crippen LogP contribution < -0.4 is 10.6 Å². The fourth-order valence-corrected chi connectivity index (χ4v) is 5.07. The van der Waals surface area contributed by atoms with E-state index in [1.54, 1.807) is 11.3 Å². The van der Waals surface area contributed by atoms with Crippen molar-refractivity contribution in [2.45, 2.75) is 32.2 Å². The maximum atomic E-state index is 6.24. The number of piperidine rings is 1. The molecule has 0 atom stereocenters. The topological polar surface area (TPSA) is 49.8 Å². The van der Waals surface area contributed by atoms with Crippen molar-refractivity contribution in [1.29, 1.82) is 0 Å². The van der Waals surface area contributed by atoms with E-state index in [1.165, 1.54) is 16.0 Å². The highest BCUT2D eigenvalue weighted by Crippen LogP contribution is 2.42. The number of anilines is 1. The smallest absolute Gasteiger partial charge is 0.225 e. The van der Waals surface area contributed by atoms with Crippen molar-refractivity contribution in [1.82, 2.24) is 15.3 Å². The highest BCUT2D eigenvalue weighted by atomic mass is 79.9. The maximum Gasteiger partial charge on any atom is 0.225 e. The first-order valence-electron chi connectivity index (χ1n) is 8.87. The van der Waals surface area contributed by atoms with Gasteiger partial charge in [-0.3, -0.25) is 0 Å². The Balaban J connectivity index is 1.87. The normalized spacial score (nSPS) is 15.5. The first-order chi connectivity index (χ1) is 12.7. The quantitative estimate of drug-likeness (QED) is 0.514. The number of aromatic nitrogens is 2. The summed E-state index contributed by atoms with van der Waals surface area (Å²) in [6.07, 6.45) is 3.12. The Hall–Kier alpha value is -1.21. The molecule has 0 amide bonds. The van der Waals surface area contributed by atoms with Crippen LogP contribution in [0, 0.1) is 0 Å². The molecule has 1 aliphatic rings. The molecule has 0 unspecified atom stereocenters. The lowest BCUT2D eigenvalue weighted by atomic mass is 10.0. The van der Waals surface area contributed by atoms with Crippen LogP contribution in [-0.4, -0.2) is 29.1 Å². The second-order valence-electron chi connectivity index (χ2n) is 6.45. The number of aryl methyl sites for hydroxylation is 1. The van der Waals surface area contributed by atoms with Crippen LogP contribution in [0.15, 0.2) is 28.7 Å². The second-order valence-corrected chi connectivity index (χ2v) is 8.79. The molecule has 0 aliphatic carbocycles. The van der Waals surface area contributed by atoms with E-state index in [4.69, 9.17) is 11.6 Å². The van der Waals surface area contributed by atoms with Crippen LogP contribution in [0.3, 0.4) is 0 Å². The van der Waals surface area contributed by atoms with E-state index in [0.717, 1.165) is 52.9 Å². The molecule has 1 fully saturated rings. The maximum absolute atomic E-state index is 6.24. The van der Waals surface area contributed by atoms with Gasteiger partial charge in [0.15, 0.2) is 0 Å². The van der Waals surface area contributed by atoms with Crippen LogP contribution in [0.25, 0.3) is 21.3 Å². The molecule has 4 rings (SSSR count). The van der Waals surface area contributed by atoms with E-state index in [-0.39, 0.29) is 0 Å². The summed E-state index contributed by atoms with van der Waals surface area (Å²) in [5.41, 5.74) is 2.42. The summed E-state index contributed by atoms with van der Waals surface area (Å²) in [4.78, 5) is 11.3. The molecule has 3 aromatic rings. The number of hydrogen-bond acceptors (Lipinski definition) is 5. The standard InChI is InChI=1S/C19H20BrClN4S/c1-2-14-15(11-3-5-12(20)6-4-11)16-17(23-13-7-9-22-10-8-13)24-19(21)25-18(16)26-14/h3-6,13,22H,2,7-10H2,1H3,(H,23,24,25). The molecule has 136 valence electrons. The molecule has 0 bridgehead atoms. The monoisotopic (exact) mass is 450 g/mol. The molecule has 2 N–H and O–H groups in total. The van der Waals surface area contributed by atoms with E-state index in [2.05, 4.69) is 67.7 Å². The van der Waals surface area contributed by atoms with Crippen molar-refractivity contribution >= 4 is 54.9 Å². The molecule has 3 heterocycles. The summed E-state index contributed by atoms with van der Waals surface area (Å²) < 4.78 is 1.08. The van der Waals surface area contributed by atoms with Gasteiger partial charge in [0.1, 0.15) is 10.6 Å². The highest BCUT2D eigenvalue weighted by Gasteiger charge is 2.22. The van der Waals surface area contributed by atoms with Crippen LogP contribution in [0.1, 0.15) is 24.6 Å². The molecule has 1 saturated heterocycles. The van der Waals surface area contributed by atoms with Gasteiger partial charge in [0.25, 0.3) is 0 Å². The minimum absolute atomic E-state index is 0.306. The number of nitrogens with one attached hydrogen (secondary N) is 2. The van der Waals surface area contributed by atoms with E-state index in [9.17, 15) is 0 Å². The average molecular weight is 452 g/mol. The Labute approximate surface area is 170 Å². The first-order valence-corrected chi connectivity index (χ1v) is 10.9. The summed E-state index contributed by atoms with van der Waals surface area (Å²) in [6, 6.07) is 8.86. The summed E-state index contributed by atoms with van der Waals surface area (Å²) in [5.74, 6) is 0.862. The molecular formula is C19H20BrClN4S. The fourth-order valence-electron chi connectivity index (χ4n) is 3.46. The fraction of sp³-hybridized carbons (Fsp3) is 0.368. The Bertz CT molecular complexity index is 919. The van der Waals surface area contributed by atoms with Gasteiger partial charge in [-0.2, -0.15) is 0 Å². The number of halogens is 2. The van der Waals surface area contributed by atoms with Crippen LogP contribution in [0.2, 0.25) is 5.28 Å². The minimum atomic E-state index is 0.306. The van der Waals surface area contributed by atoms with Crippen molar-refractivity contribution in [3.8, 4) is 11.1 Å². The number of fused-ring (bicyclic) bond motifs is 1. The SMILES string of the molecule is CCc1sc2nc(Cl)nc(NC3CCNCC3)c2c1-c1ccc(Br)cc1. The Morgan fingerprint density at radius 3 is 2.65 bits per heavy atom. The van der Waals surface area contributed by atoms with E-state index in [0.29, 0.717) is 11.3 Å². The number of benzene rings is 1. The van der Waals surface area contributed by atoms with Gasteiger partial charge in [-0.1, -0.05) is 35.0 Å². The zero-order valence-electron chi connectivity index (χ0n) is 14.5. The highest BCUT2D eigenvalue weighted by molar-refractivity contribution is 9.10. The van der Waals surface area contributed by atoms with Crippen molar-refractivity contribution in [3.63, 3.8) is 0 Å². The van der Waals surface area contributed by atoms with Crippen molar-refractivity contribution in [3.05, 3.63) is 38.9 Å². The average Bonchev–Trinajstić information content (AvgIpc) is 3.02. The number of thiophene rings is 1. The van der Waals surface area contributed by atoms with Crippen molar-refractivity contribution in [2.24, 2.45) is 0 Å². The summed E-state index contributed by atoms with van der Waals surface area (Å²) in [7, 11) is 0. The molecule has 1 aliphatic heterocycles. The zero-order valence-corrected chi connectivity index (χ0v) is 17.6. The summed E-state index contributed by atoms with van der Waals surface area (Å²) in [5, 5.41) is 8.45. The lowest BCUT2D eigenvalue weighted by molar-refractivity contribution is 0.478. The molecule has 0 saturated carbocycles. The second kappa shape index (κ2) is 7.80. The van der Waals surface area contributed by atoms with Gasteiger partial charge in [0.05, 0.1) is 5.39 Å². The molecule has 0 spiro atoms. The Morgan fingerprint density at radius 1 is 1.23 bits per heavy atom. The largest absolute Gasteiger partial charge is 0.367 e.